The highest BCUT2D eigenvalue weighted by Gasteiger charge is 2.34. The van der Waals surface area contributed by atoms with Crippen molar-refractivity contribution in [1.29, 1.82) is 0 Å². The molecule has 0 bridgehead atoms. The van der Waals surface area contributed by atoms with Crippen LogP contribution in [0.1, 0.15) is 24.8 Å². The molecule has 0 spiro atoms. The van der Waals surface area contributed by atoms with Gasteiger partial charge < -0.3 is 15.4 Å². The maximum Gasteiger partial charge on any atom is 0.122 e. The van der Waals surface area contributed by atoms with Crippen molar-refractivity contribution in [3.05, 3.63) is 29.8 Å². The van der Waals surface area contributed by atoms with Gasteiger partial charge in [-0.1, -0.05) is 18.2 Å². The number of para-hydroxylation sites is 1. The molecule has 0 radical (unpaired) electrons. The van der Waals surface area contributed by atoms with Gasteiger partial charge in [0, 0.05) is 17.5 Å². The first kappa shape index (κ1) is 13.4. The van der Waals surface area contributed by atoms with E-state index >= 15 is 0 Å². The van der Waals surface area contributed by atoms with Gasteiger partial charge in [-0.3, -0.25) is 0 Å². The minimum atomic E-state index is 0.0807. The number of hydrogen-bond acceptors (Lipinski definition) is 3. The Hall–Kier alpha value is -1.06. The summed E-state index contributed by atoms with van der Waals surface area (Å²) in [6.07, 6.45) is 3.46. The molecular formula is C15H24N2O. The molecule has 1 aliphatic rings. The summed E-state index contributed by atoms with van der Waals surface area (Å²) in [7, 11) is 3.93. The van der Waals surface area contributed by atoms with Crippen LogP contribution in [-0.2, 0) is 5.41 Å². The van der Waals surface area contributed by atoms with Crippen LogP contribution < -0.4 is 10.5 Å². The molecule has 18 heavy (non-hydrogen) atoms. The second-order valence-electron chi connectivity index (χ2n) is 5.34. The van der Waals surface area contributed by atoms with Crippen LogP contribution in [0.2, 0.25) is 0 Å². The summed E-state index contributed by atoms with van der Waals surface area (Å²) in [5.74, 6) is 0.979. The predicted molar refractivity (Wildman–Crippen MR) is 75.1 cm³/mol. The smallest absolute Gasteiger partial charge is 0.122 e. The third-order valence-corrected chi connectivity index (χ3v) is 4.24. The minimum Gasteiger partial charge on any atom is -0.496 e. The van der Waals surface area contributed by atoms with Gasteiger partial charge in [-0.2, -0.15) is 0 Å². The standard InChI is InChI=1S/C15H24N2O/c1-17-10-5-8-15(12-16,9-11-17)13-6-3-4-7-14(13)18-2/h3-4,6-7H,5,8-12,16H2,1-2H3. The molecule has 1 aromatic rings. The normalized spacial score (nSPS) is 25.7. The van der Waals surface area contributed by atoms with Gasteiger partial charge in [0.2, 0.25) is 0 Å². The van der Waals surface area contributed by atoms with E-state index in [1.165, 1.54) is 12.0 Å². The maximum absolute atomic E-state index is 6.13. The lowest BCUT2D eigenvalue weighted by molar-refractivity contribution is 0.320. The van der Waals surface area contributed by atoms with E-state index < -0.39 is 0 Å². The highest BCUT2D eigenvalue weighted by molar-refractivity contribution is 5.40. The van der Waals surface area contributed by atoms with Gasteiger partial charge in [-0.05, 0) is 45.5 Å². The monoisotopic (exact) mass is 248 g/mol. The number of hydrogen-bond donors (Lipinski definition) is 1. The van der Waals surface area contributed by atoms with Crippen LogP contribution in [0.15, 0.2) is 24.3 Å². The van der Waals surface area contributed by atoms with Gasteiger partial charge in [-0.25, -0.2) is 0 Å². The number of rotatable bonds is 3. The summed E-state index contributed by atoms with van der Waals surface area (Å²) in [6.45, 7) is 2.97. The molecule has 1 atom stereocenters. The Labute approximate surface area is 110 Å². The fourth-order valence-electron chi connectivity index (χ4n) is 3.00. The maximum atomic E-state index is 6.13. The van der Waals surface area contributed by atoms with Crippen LogP contribution in [-0.4, -0.2) is 38.7 Å². The molecule has 1 aromatic carbocycles. The van der Waals surface area contributed by atoms with Crippen LogP contribution >= 0.6 is 0 Å². The summed E-state index contributed by atoms with van der Waals surface area (Å²) in [4.78, 5) is 2.40. The largest absolute Gasteiger partial charge is 0.496 e. The molecule has 3 heteroatoms. The number of nitrogens with zero attached hydrogens (tertiary/aromatic N) is 1. The number of methoxy groups -OCH3 is 1. The fraction of sp³-hybridized carbons (Fsp3) is 0.600. The van der Waals surface area contributed by atoms with Crippen molar-refractivity contribution in [1.82, 2.24) is 4.90 Å². The molecule has 0 aliphatic carbocycles. The summed E-state index contributed by atoms with van der Waals surface area (Å²) in [6, 6.07) is 8.33. The lowest BCUT2D eigenvalue weighted by Gasteiger charge is -2.33. The fourth-order valence-corrected chi connectivity index (χ4v) is 3.00. The van der Waals surface area contributed by atoms with E-state index in [2.05, 4.69) is 24.1 Å². The van der Waals surface area contributed by atoms with Gasteiger partial charge in [0.1, 0.15) is 5.75 Å². The average molecular weight is 248 g/mol. The molecule has 3 nitrogen and oxygen atoms in total. The van der Waals surface area contributed by atoms with Crippen LogP contribution in [0.4, 0.5) is 0 Å². The van der Waals surface area contributed by atoms with Crippen molar-refractivity contribution in [3.63, 3.8) is 0 Å². The molecule has 100 valence electrons. The lowest BCUT2D eigenvalue weighted by atomic mass is 9.74. The quantitative estimate of drug-likeness (QED) is 0.889. The zero-order valence-corrected chi connectivity index (χ0v) is 11.5. The molecule has 0 saturated carbocycles. The van der Waals surface area contributed by atoms with E-state index in [9.17, 15) is 0 Å². The highest BCUT2D eigenvalue weighted by Crippen LogP contribution is 2.39. The van der Waals surface area contributed by atoms with Gasteiger partial charge in [0.05, 0.1) is 7.11 Å². The summed E-state index contributed by atoms with van der Waals surface area (Å²) in [5.41, 5.74) is 7.50. The molecule has 1 heterocycles. The minimum absolute atomic E-state index is 0.0807. The van der Waals surface area contributed by atoms with Gasteiger partial charge in [0.25, 0.3) is 0 Å². The van der Waals surface area contributed by atoms with Crippen molar-refractivity contribution >= 4 is 0 Å². The van der Waals surface area contributed by atoms with E-state index in [-0.39, 0.29) is 5.41 Å². The number of ether oxygens (including phenoxy) is 1. The first-order valence-corrected chi connectivity index (χ1v) is 6.74. The first-order valence-electron chi connectivity index (χ1n) is 6.74. The zero-order valence-electron chi connectivity index (χ0n) is 11.5. The summed E-state index contributed by atoms with van der Waals surface area (Å²) in [5, 5.41) is 0. The molecule has 1 unspecified atom stereocenters. The average Bonchev–Trinajstić information content (AvgIpc) is 2.61. The topological polar surface area (TPSA) is 38.5 Å². The van der Waals surface area contributed by atoms with Crippen LogP contribution in [0.5, 0.6) is 5.75 Å². The molecule has 0 amide bonds. The SMILES string of the molecule is COc1ccccc1C1(CN)CCCN(C)CC1. The predicted octanol–water partition coefficient (Wildman–Crippen LogP) is 2.01. The molecular weight excluding hydrogens is 224 g/mol. The first-order chi connectivity index (χ1) is 8.72. The Morgan fingerprint density at radius 1 is 1.28 bits per heavy atom. The molecule has 1 fully saturated rings. The second kappa shape index (κ2) is 5.72. The third-order valence-electron chi connectivity index (χ3n) is 4.24. The molecule has 0 aromatic heterocycles. The van der Waals surface area contributed by atoms with Crippen molar-refractivity contribution in [2.45, 2.75) is 24.7 Å². The zero-order chi connectivity index (χ0) is 13.0. The third kappa shape index (κ3) is 2.52. The van der Waals surface area contributed by atoms with Crippen molar-refractivity contribution in [2.24, 2.45) is 5.73 Å². The molecule has 1 saturated heterocycles. The van der Waals surface area contributed by atoms with E-state index in [1.807, 2.05) is 12.1 Å². The van der Waals surface area contributed by atoms with E-state index in [0.29, 0.717) is 6.54 Å². The lowest BCUT2D eigenvalue weighted by Crippen LogP contribution is -2.36. The Bertz CT molecular complexity index is 394. The number of benzene rings is 1. The van der Waals surface area contributed by atoms with E-state index in [0.717, 1.165) is 31.7 Å². The van der Waals surface area contributed by atoms with Crippen molar-refractivity contribution in [2.75, 3.05) is 33.8 Å². The van der Waals surface area contributed by atoms with E-state index in [4.69, 9.17) is 10.5 Å². The Balaban J connectivity index is 2.36. The Morgan fingerprint density at radius 3 is 2.78 bits per heavy atom. The highest BCUT2D eigenvalue weighted by atomic mass is 16.5. The Kier molecular flexibility index (Phi) is 4.25. The van der Waals surface area contributed by atoms with Crippen molar-refractivity contribution in [3.8, 4) is 5.75 Å². The van der Waals surface area contributed by atoms with Gasteiger partial charge in [0.15, 0.2) is 0 Å². The van der Waals surface area contributed by atoms with Crippen LogP contribution in [0.25, 0.3) is 0 Å². The molecule has 2 rings (SSSR count). The van der Waals surface area contributed by atoms with E-state index in [1.54, 1.807) is 7.11 Å². The van der Waals surface area contributed by atoms with Gasteiger partial charge >= 0.3 is 0 Å². The van der Waals surface area contributed by atoms with Crippen LogP contribution in [0, 0.1) is 0 Å². The van der Waals surface area contributed by atoms with Crippen LogP contribution in [0.3, 0.4) is 0 Å². The summed E-state index contributed by atoms with van der Waals surface area (Å²) >= 11 is 0. The summed E-state index contributed by atoms with van der Waals surface area (Å²) < 4.78 is 5.52. The second-order valence-corrected chi connectivity index (χ2v) is 5.34. The molecule has 2 N–H and O–H groups in total. The Morgan fingerprint density at radius 2 is 2.06 bits per heavy atom. The van der Waals surface area contributed by atoms with Crippen molar-refractivity contribution < 1.29 is 4.74 Å². The molecule has 1 aliphatic heterocycles. The van der Waals surface area contributed by atoms with Gasteiger partial charge in [-0.15, -0.1) is 0 Å². The number of nitrogens with two attached hydrogens (primary N) is 1. The number of likely N-dealkylation sites (tertiary alicyclic amines) is 1.